The number of nitrogens with zero attached hydrogens (tertiary/aromatic N) is 2. The summed E-state index contributed by atoms with van der Waals surface area (Å²) in [6, 6.07) is 9.78. The van der Waals surface area contributed by atoms with Gasteiger partial charge in [-0.3, -0.25) is 9.48 Å². The van der Waals surface area contributed by atoms with Crippen molar-refractivity contribution in [3.8, 4) is 0 Å². The van der Waals surface area contributed by atoms with Gasteiger partial charge in [0, 0.05) is 19.9 Å². The molecule has 1 saturated heterocycles. The number of aryl methyl sites for hydroxylation is 1. The smallest absolute Gasteiger partial charge is 0.273 e. The molecule has 1 aliphatic rings. The molecule has 1 aromatic carbocycles. The minimum atomic E-state index is -0.291. The molecule has 1 N–H and O–H groups in total. The highest BCUT2D eigenvalue weighted by Gasteiger charge is 2.29. The molecule has 7 heteroatoms. The predicted octanol–water partition coefficient (Wildman–Crippen LogP) is 2.18. The molecule has 128 valence electrons. The molecule has 0 radical (unpaired) electrons. The maximum Gasteiger partial charge on any atom is 0.273 e. The van der Waals surface area contributed by atoms with E-state index in [1.165, 1.54) is 4.68 Å². The number of nitrogens with one attached hydrogen (secondary N) is 1. The van der Waals surface area contributed by atoms with Crippen molar-refractivity contribution in [1.82, 2.24) is 15.1 Å². The second-order valence-corrected chi connectivity index (χ2v) is 6.19. The molecule has 3 rings (SSSR count). The molecule has 0 bridgehead atoms. The summed E-state index contributed by atoms with van der Waals surface area (Å²) in [6.45, 7) is 1.52. The molecule has 1 aromatic heterocycles. The van der Waals surface area contributed by atoms with Crippen molar-refractivity contribution in [1.29, 1.82) is 0 Å². The summed E-state index contributed by atoms with van der Waals surface area (Å²) in [5, 5.41) is 7.40. The lowest BCUT2D eigenvalue weighted by molar-refractivity contribution is -0.0736. The van der Waals surface area contributed by atoms with Crippen LogP contribution in [0.4, 0.5) is 0 Å². The normalized spacial score (nSPS) is 20.8. The van der Waals surface area contributed by atoms with Crippen molar-refractivity contribution < 1.29 is 14.3 Å². The lowest BCUT2D eigenvalue weighted by Crippen LogP contribution is -2.50. The standard InChI is InChI=1S/C17H20ClN3O3/c1-21-9-13(18)16(20-21)17(22)19-14-7-8-23-11-15(14)24-10-12-5-3-2-4-6-12/h2-6,9,14-15H,7-8,10-11H2,1H3,(H,19,22)/t14-,15-/m1/s1. The number of amides is 1. The Morgan fingerprint density at radius 1 is 1.46 bits per heavy atom. The molecule has 2 atom stereocenters. The van der Waals surface area contributed by atoms with E-state index < -0.39 is 0 Å². The molecule has 1 fully saturated rings. The zero-order chi connectivity index (χ0) is 16.9. The summed E-state index contributed by atoms with van der Waals surface area (Å²) in [7, 11) is 1.73. The second-order valence-electron chi connectivity index (χ2n) is 5.78. The average Bonchev–Trinajstić information content (AvgIpc) is 2.93. The van der Waals surface area contributed by atoms with E-state index in [0.29, 0.717) is 31.3 Å². The SMILES string of the molecule is Cn1cc(Cl)c(C(=O)N[C@@H]2CCOC[C@H]2OCc2ccccc2)n1. The molecule has 0 saturated carbocycles. The van der Waals surface area contributed by atoms with Gasteiger partial charge in [-0.25, -0.2) is 0 Å². The fourth-order valence-electron chi connectivity index (χ4n) is 2.67. The third-order valence-corrected chi connectivity index (χ3v) is 4.20. The molecule has 0 aliphatic carbocycles. The van der Waals surface area contributed by atoms with Crippen LogP contribution in [0.25, 0.3) is 0 Å². The number of ether oxygens (including phenoxy) is 2. The summed E-state index contributed by atoms with van der Waals surface area (Å²) in [4.78, 5) is 12.4. The maximum absolute atomic E-state index is 12.4. The van der Waals surface area contributed by atoms with Gasteiger partial charge in [0.1, 0.15) is 6.10 Å². The lowest BCUT2D eigenvalue weighted by atomic mass is 10.1. The molecule has 0 unspecified atom stereocenters. The van der Waals surface area contributed by atoms with Gasteiger partial charge < -0.3 is 14.8 Å². The highest BCUT2D eigenvalue weighted by atomic mass is 35.5. The first-order chi connectivity index (χ1) is 11.6. The van der Waals surface area contributed by atoms with Crippen molar-refractivity contribution in [2.45, 2.75) is 25.2 Å². The van der Waals surface area contributed by atoms with E-state index in [1.54, 1.807) is 13.2 Å². The van der Waals surface area contributed by atoms with Crippen LogP contribution in [0.15, 0.2) is 36.5 Å². The highest BCUT2D eigenvalue weighted by molar-refractivity contribution is 6.33. The van der Waals surface area contributed by atoms with E-state index in [9.17, 15) is 4.79 Å². The minimum absolute atomic E-state index is 0.131. The van der Waals surface area contributed by atoms with Crippen molar-refractivity contribution in [2.75, 3.05) is 13.2 Å². The van der Waals surface area contributed by atoms with E-state index in [-0.39, 0.29) is 23.7 Å². The van der Waals surface area contributed by atoms with E-state index in [1.807, 2.05) is 30.3 Å². The Balaban J connectivity index is 1.61. The zero-order valence-electron chi connectivity index (χ0n) is 13.4. The number of aromatic nitrogens is 2. The van der Waals surface area contributed by atoms with Gasteiger partial charge in [-0.05, 0) is 12.0 Å². The van der Waals surface area contributed by atoms with Gasteiger partial charge in [-0.1, -0.05) is 41.9 Å². The summed E-state index contributed by atoms with van der Waals surface area (Å²) >= 11 is 6.04. The van der Waals surface area contributed by atoms with Crippen LogP contribution in [0, 0.1) is 0 Å². The number of hydrogen-bond donors (Lipinski definition) is 1. The number of benzene rings is 1. The van der Waals surface area contributed by atoms with E-state index in [4.69, 9.17) is 21.1 Å². The molecule has 2 heterocycles. The Morgan fingerprint density at radius 2 is 2.25 bits per heavy atom. The van der Waals surface area contributed by atoms with Gasteiger partial charge in [0.05, 0.1) is 24.3 Å². The van der Waals surface area contributed by atoms with Crippen LogP contribution in [0.1, 0.15) is 22.5 Å². The van der Waals surface area contributed by atoms with E-state index in [2.05, 4.69) is 10.4 Å². The minimum Gasteiger partial charge on any atom is -0.379 e. The largest absolute Gasteiger partial charge is 0.379 e. The average molecular weight is 350 g/mol. The van der Waals surface area contributed by atoms with Gasteiger partial charge in [-0.2, -0.15) is 5.10 Å². The quantitative estimate of drug-likeness (QED) is 0.898. The van der Waals surface area contributed by atoms with Crippen molar-refractivity contribution >= 4 is 17.5 Å². The molecule has 24 heavy (non-hydrogen) atoms. The van der Waals surface area contributed by atoms with Crippen LogP contribution in [0.5, 0.6) is 0 Å². The Bertz CT molecular complexity index is 690. The van der Waals surface area contributed by atoms with Crippen molar-refractivity contribution in [3.05, 3.63) is 52.8 Å². The summed E-state index contributed by atoms with van der Waals surface area (Å²) < 4.78 is 13.0. The molecule has 6 nitrogen and oxygen atoms in total. The Hall–Kier alpha value is -1.89. The summed E-state index contributed by atoms with van der Waals surface area (Å²) in [5.74, 6) is -0.291. The fourth-order valence-corrected chi connectivity index (χ4v) is 2.93. The molecular weight excluding hydrogens is 330 g/mol. The maximum atomic E-state index is 12.4. The van der Waals surface area contributed by atoms with Crippen LogP contribution in [0.2, 0.25) is 5.02 Å². The third kappa shape index (κ3) is 4.14. The van der Waals surface area contributed by atoms with Crippen LogP contribution in [-0.4, -0.2) is 41.0 Å². The highest BCUT2D eigenvalue weighted by Crippen LogP contribution is 2.17. The summed E-state index contributed by atoms with van der Waals surface area (Å²) in [6.07, 6.45) is 2.09. The number of carbonyl (C=O) groups excluding carboxylic acids is 1. The fraction of sp³-hybridized carbons (Fsp3) is 0.412. The second kappa shape index (κ2) is 7.79. The molecule has 0 spiro atoms. The van der Waals surface area contributed by atoms with Gasteiger partial charge in [0.15, 0.2) is 5.69 Å². The van der Waals surface area contributed by atoms with E-state index >= 15 is 0 Å². The Kier molecular flexibility index (Phi) is 5.50. The topological polar surface area (TPSA) is 65.4 Å². The number of hydrogen-bond acceptors (Lipinski definition) is 4. The van der Waals surface area contributed by atoms with E-state index in [0.717, 1.165) is 5.56 Å². The summed E-state index contributed by atoms with van der Waals surface area (Å²) in [5.41, 5.74) is 1.31. The first-order valence-electron chi connectivity index (χ1n) is 7.87. The number of rotatable bonds is 5. The van der Waals surface area contributed by atoms with Gasteiger partial charge in [-0.15, -0.1) is 0 Å². The molecule has 2 aromatic rings. The third-order valence-electron chi connectivity index (χ3n) is 3.93. The molecule has 1 aliphatic heterocycles. The molecule has 1 amide bonds. The lowest BCUT2D eigenvalue weighted by Gasteiger charge is -2.32. The predicted molar refractivity (Wildman–Crippen MR) is 89.9 cm³/mol. The zero-order valence-corrected chi connectivity index (χ0v) is 14.2. The first-order valence-corrected chi connectivity index (χ1v) is 8.24. The van der Waals surface area contributed by atoms with Crippen LogP contribution >= 0.6 is 11.6 Å². The Morgan fingerprint density at radius 3 is 2.96 bits per heavy atom. The number of halogens is 1. The van der Waals surface area contributed by atoms with Crippen molar-refractivity contribution in [3.63, 3.8) is 0 Å². The van der Waals surface area contributed by atoms with Crippen LogP contribution < -0.4 is 5.32 Å². The Labute approximate surface area is 145 Å². The van der Waals surface area contributed by atoms with Gasteiger partial charge in [0.2, 0.25) is 0 Å². The van der Waals surface area contributed by atoms with Crippen LogP contribution in [0.3, 0.4) is 0 Å². The van der Waals surface area contributed by atoms with Crippen LogP contribution in [-0.2, 0) is 23.1 Å². The number of carbonyl (C=O) groups is 1. The first kappa shape index (κ1) is 17.0. The van der Waals surface area contributed by atoms with Gasteiger partial charge >= 0.3 is 0 Å². The van der Waals surface area contributed by atoms with Crippen molar-refractivity contribution in [2.24, 2.45) is 7.05 Å². The van der Waals surface area contributed by atoms with Gasteiger partial charge in [0.25, 0.3) is 5.91 Å². The molecular formula is C17H20ClN3O3. The monoisotopic (exact) mass is 349 g/mol.